The first-order valence-electron chi connectivity index (χ1n) is 38.3. The van der Waals surface area contributed by atoms with Crippen molar-refractivity contribution in [3.63, 3.8) is 0 Å². The molecule has 2 unspecified atom stereocenters. The lowest BCUT2D eigenvalue weighted by atomic mass is 9.71. The van der Waals surface area contributed by atoms with Crippen molar-refractivity contribution in [3.05, 3.63) is 125 Å². The van der Waals surface area contributed by atoms with E-state index in [0.29, 0.717) is 160 Å². The lowest BCUT2D eigenvalue weighted by molar-refractivity contribution is -0.186. The van der Waals surface area contributed by atoms with Crippen molar-refractivity contribution in [1.82, 2.24) is 30.2 Å². The number of hydrogen-bond acceptors (Lipinski definition) is 30. The summed E-state index contributed by atoms with van der Waals surface area (Å²) in [6.07, 6.45) is 1.24. The fourth-order valence-electron chi connectivity index (χ4n) is 20.7. The first-order chi connectivity index (χ1) is 54.4. The molecule has 2 spiro atoms. The molecule has 14 atom stereocenters. The van der Waals surface area contributed by atoms with Crippen molar-refractivity contribution in [1.29, 1.82) is 5.26 Å². The number of aliphatic hydroxyl groups excluding tert-OH is 1. The summed E-state index contributed by atoms with van der Waals surface area (Å²) in [6, 6.07) is 9.57. The molecule has 20 rings (SSSR count). The molecule has 6 aromatic carbocycles. The molecular formula is C83H93N7O21S2. The largest absolute Gasteiger partial charge is 0.504 e. The molecule has 0 radical (unpaired) electrons. The molecule has 0 aromatic heterocycles. The van der Waals surface area contributed by atoms with E-state index in [1.54, 1.807) is 28.4 Å². The molecule has 4 fully saturated rings. The van der Waals surface area contributed by atoms with Crippen LogP contribution in [0.5, 0.6) is 80.5 Å². The molecule has 5 N–H and O–H groups in total. The molecule has 598 valence electrons. The number of aryl methyl sites for hydroxylation is 2. The number of piperazine rings is 2. The minimum absolute atomic E-state index is 0.0494. The minimum Gasteiger partial charge on any atom is -0.504 e. The minimum atomic E-state index is -1.31. The van der Waals surface area contributed by atoms with E-state index in [0.717, 1.165) is 50.1 Å². The van der Waals surface area contributed by atoms with Crippen LogP contribution in [0.3, 0.4) is 0 Å². The number of aliphatic hydroxyl groups is 1. The Kier molecular flexibility index (Phi) is 19.5. The van der Waals surface area contributed by atoms with Crippen LogP contribution in [0, 0.1) is 39.0 Å². The number of phenols is 2. The van der Waals surface area contributed by atoms with E-state index in [2.05, 4.69) is 37.5 Å². The first kappa shape index (κ1) is 76.3. The van der Waals surface area contributed by atoms with Crippen LogP contribution < -0.4 is 67.5 Å². The second-order valence-electron chi connectivity index (χ2n) is 30.8. The highest BCUT2D eigenvalue weighted by atomic mass is 32.2. The van der Waals surface area contributed by atoms with Crippen LogP contribution in [-0.2, 0) is 65.4 Å². The quantitative estimate of drug-likeness (QED) is 0.0632. The number of hydrogen-bond donors (Lipinski definition) is 5. The van der Waals surface area contributed by atoms with Crippen molar-refractivity contribution in [3.8, 4) is 86.6 Å². The Hall–Kier alpha value is -9.29. The van der Waals surface area contributed by atoms with Crippen LogP contribution in [-0.4, -0.2) is 202 Å². The van der Waals surface area contributed by atoms with Gasteiger partial charge in [0.1, 0.15) is 37.0 Å². The van der Waals surface area contributed by atoms with Gasteiger partial charge in [0.15, 0.2) is 80.1 Å². The van der Waals surface area contributed by atoms with Crippen molar-refractivity contribution in [2.75, 3.05) is 107 Å². The van der Waals surface area contributed by atoms with Gasteiger partial charge in [0.2, 0.25) is 13.6 Å². The van der Waals surface area contributed by atoms with Gasteiger partial charge in [-0.1, -0.05) is 12.1 Å². The fraction of sp³-hybridized carbons (Fsp3) is 0.506. The Bertz CT molecular complexity index is 5040. The lowest BCUT2D eigenvalue weighted by Crippen LogP contribution is -2.70. The molecule has 14 aliphatic rings. The van der Waals surface area contributed by atoms with Crippen molar-refractivity contribution in [2.24, 2.45) is 0 Å². The highest BCUT2D eigenvalue weighted by molar-refractivity contribution is 7.99. The number of methoxy groups -OCH3 is 4. The molecule has 14 aliphatic heterocycles. The zero-order valence-corrected chi connectivity index (χ0v) is 67.2. The maximum atomic E-state index is 14.9. The second-order valence-corrected chi connectivity index (χ2v) is 33.1. The summed E-state index contributed by atoms with van der Waals surface area (Å²) in [4.78, 5) is 64.2. The van der Waals surface area contributed by atoms with Gasteiger partial charge in [-0.3, -0.25) is 39.8 Å². The number of likely N-dealkylation sites (N-methyl/N-ethyl adjacent to an activating group) is 2. The smallest absolute Gasteiger partial charge is 0.331 e. The summed E-state index contributed by atoms with van der Waals surface area (Å²) in [5, 5.41) is 54.0. The van der Waals surface area contributed by atoms with Crippen LogP contribution in [0.25, 0.3) is 0 Å². The van der Waals surface area contributed by atoms with Crippen LogP contribution in [0.15, 0.2) is 36.4 Å². The number of aromatic hydroxyl groups is 2. The first-order valence-corrected chi connectivity index (χ1v) is 40.4. The number of esters is 4. The van der Waals surface area contributed by atoms with Crippen LogP contribution >= 0.6 is 23.5 Å². The number of rotatable bonds is 10. The summed E-state index contributed by atoms with van der Waals surface area (Å²) in [7, 11) is 10.2. The summed E-state index contributed by atoms with van der Waals surface area (Å²) in [5.41, 5.74) is 9.58. The fourth-order valence-corrected chi connectivity index (χ4v) is 24.1. The van der Waals surface area contributed by atoms with Crippen LogP contribution in [0.2, 0.25) is 0 Å². The number of thioether (sulfide) groups is 2. The summed E-state index contributed by atoms with van der Waals surface area (Å²) in [6.45, 7) is 15.5. The monoisotopic (exact) mass is 1590 g/mol. The predicted molar refractivity (Wildman–Crippen MR) is 412 cm³/mol. The molecule has 0 saturated carbocycles. The number of nitriles is 1. The number of nitrogens with one attached hydrogen (secondary N) is 2. The van der Waals surface area contributed by atoms with Crippen LogP contribution in [0.4, 0.5) is 0 Å². The molecule has 6 aromatic rings. The number of nitrogens with zero attached hydrogens (tertiary/aromatic N) is 5. The summed E-state index contributed by atoms with van der Waals surface area (Å²) < 4.78 is 84.8. The maximum Gasteiger partial charge on any atom is 0.331 e. The number of carbonyl (C=O) groups is 4. The van der Waals surface area contributed by atoms with Crippen molar-refractivity contribution < 1.29 is 101 Å². The molecular weight excluding hydrogens is 1500 g/mol. The normalized spacial score (nSPS) is 28.5. The Labute approximate surface area is 662 Å². The standard InChI is InChI=1S/C42H46N4O10S.C41H47N3O11S/c1-8-52-29-13-22-9-10-44-42(24(22)14-28(29)50-6)17-57-40-32-31(39-38(54-18-55-39)20(3)37(32)56-21(4)47)27(16-53-41(42)49)46-26(15-43)25-12-23-11-19(2)36(51-7)35(48)30(23)33(34(40)46)45(25)5;1-8-51-27-13-21-9-10-42-41(23(21)14-26(27)49-6)16-56-38-30-29(37-36(53-17-54-37)19(3)35(30)55-20(4)45)25(15-52-40(41)48)44-32(38)31-28-22(12-24(39(44)47)43(31)5)11-18(2)34(50-7)33(28)46/h11,13-14,25-27,33-34,40,44,48H,8-10,12,16-18H2,1-7H3;11,13-14,24-25,31-32,38-39,42,46-47H,8-10,12,15-17H2,1-7H3/t25-,26-,27-,33+,34?,40+,42+;24-,25-,31+,32?,38+,39-,41+/m00/s1. The maximum absolute atomic E-state index is 14.9. The molecule has 8 bridgehead atoms. The number of ether oxygens (including phenoxy) is 14. The van der Waals surface area contributed by atoms with Gasteiger partial charge >= 0.3 is 23.9 Å². The predicted octanol–water partition coefficient (Wildman–Crippen LogP) is 8.79. The lowest BCUT2D eigenvalue weighted by Gasteiger charge is -2.62. The Balaban J connectivity index is 0.000000164. The average Bonchev–Trinajstić information content (AvgIpc) is 1.46. The molecule has 113 heavy (non-hydrogen) atoms. The molecule has 0 aliphatic carbocycles. The highest BCUT2D eigenvalue weighted by Crippen LogP contribution is 2.68. The van der Waals surface area contributed by atoms with Crippen molar-refractivity contribution >= 4 is 47.4 Å². The van der Waals surface area contributed by atoms with Gasteiger partial charge in [-0.15, -0.1) is 23.5 Å². The van der Waals surface area contributed by atoms with Gasteiger partial charge in [-0.05, 0) is 150 Å². The van der Waals surface area contributed by atoms with E-state index >= 15 is 0 Å². The number of benzene rings is 6. The van der Waals surface area contributed by atoms with E-state index < -0.39 is 94.0 Å². The van der Waals surface area contributed by atoms with Gasteiger partial charge in [-0.25, -0.2) is 9.59 Å². The zero-order chi connectivity index (χ0) is 79.4. The molecule has 30 heteroatoms. The molecule has 28 nitrogen and oxygen atoms in total. The van der Waals surface area contributed by atoms with Crippen LogP contribution in [0.1, 0.15) is 151 Å². The summed E-state index contributed by atoms with van der Waals surface area (Å²) in [5.74, 6) is 4.09. The molecule has 0 amide bonds. The van der Waals surface area contributed by atoms with Gasteiger partial charge in [0, 0.05) is 101 Å². The van der Waals surface area contributed by atoms with E-state index in [9.17, 15) is 39.8 Å². The molecule has 4 saturated heterocycles. The number of fused-ring (bicyclic) bond motifs is 18. The van der Waals surface area contributed by atoms with Gasteiger partial charge < -0.3 is 81.6 Å². The SMILES string of the molecule is CCOc1cc2c(cc1OC)[C@@]1(CS[C@@H]3c4c(OC(C)=O)c(C)c5c(c4[C@H](COC1=O)N1C3[C@H]3c4c(cc(C)c(OC)c4O)C[C@@H]([C@@H]1C#N)N3C)OCO5)NCC2.CCOc1cc2c(cc1OC)[C@@]1(CS[C@@H]3c4c(OC(C)=O)c(C)c5c(c4[C@H](COC1=O)N1C3[C@H]3c4c(cc(C)c(OC)c4O)C[C@@H]([C@@H]1O)N3C)OCO5)NCC2. The number of carbonyl (C=O) groups excluding carboxylic acids is 4. The van der Waals surface area contributed by atoms with Gasteiger partial charge in [0.25, 0.3) is 0 Å². The average molecular weight is 1590 g/mol. The van der Waals surface area contributed by atoms with E-state index in [1.165, 1.54) is 37.4 Å². The van der Waals surface area contributed by atoms with Gasteiger partial charge in [0.05, 0.1) is 88.4 Å². The summed E-state index contributed by atoms with van der Waals surface area (Å²) >= 11 is 3.03. The third-order valence-electron chi connectivity index (χ3n) is 25.3. The third-order valence-corrected chi connectivity index (χ3v) is 28.2. The van der Waals surface area contributed by atoms with Gasteiger partial charge in [-0.2, -0.15) is 5.26 Å². The van der Waals surface area contributed by atoms with E-state index in [-0.39, 0.29) is 61.9 Å². The third kappa shape index (κ3) is 11.4. The molecule has 14 heterocycles. The Morgan fingerprint density at radius 3 is 1.41 bits per heavy atom. The van der Waals surface area contributed by atoms with E-state index in [4.69, 9.17) is 66.3 Å². The highest BCUT2D eigenvalue weighted by Gasteiger charge is 2.65. The Morgan fingerprint density at radius 2 is 0.982 bits per heavy atom. The second kappa shape index (κ2) is 28.9. The Morgan fingerprint density at radius 1 is 0.558 bits per heavy atom. The zero-order valence-electron chi connectivity index (χ0n) is 65.5. The van der Waals surface area contributed by atoms with E-state index in [1.807, 2.05) is 90.9 Å². The van der Waals surface area contributed by atoms with Crippen molar-refractivity contribution in [2.45, 2.75) is 163 Å². The topological polar surface area (TPSA) is 319 Å². The number of phenolic OH excluding ortho intramolecular Hbond substituents is 2.